The highest BCUT2D eigenvalue weighted by molar-refractivity contribution is 9.10. The predicted octanol–water partition coefficient (Wildman–Crippen LogP) is 6.15. The molecule has 0 saturated carbocycles. The average Bonchev–Trinajstić information content (AvgIpc) is 3.30. The highest BCUT2D eigenvalue weighted by atomic mass is 79.9. The summed E-state index contributed by atoms with van der Waals surface area (Å²) in [5.74, 6) is 0.844. The molecule has 0 aliphatic carbocycles. The van der Waals surface area contributed by atoms with Gasteiger partial charge in [0.25, 0.3) is 0 Å². The first-order chi connectivity index (χ1) is 14.2. The van der Waals surface area contributed by atoms with E-state index in [1.165, 1.54) is 0 Å². The first-order valence-electron chi connectivity index (χ1n) is 9.04. The van der Waals surface area contributed by atoms with Crippen molar-refractivity contribution in [3.05, 3.63) is 88.4 Å². The first kappa shape index (κ1) is 21.6. The second-order valence-electron chi connectivity index (χ2n) is 6.10. The van der Waals surface area contributed by atoms with Crippen molar-refractivity contribution in [1.82, 2.24) is 0 Å². The van der Waals surface area contributed by atoms with Gasteiger partial charge in [0.2, 0.25) is 0 Å². The number of halogens is 1. The molecule has 29 heavy (non-hydrogen) atoms. The van der Waals surface area contributed by atoms with E-state index in [0.29, 0.717) is 18.8 Å². The molecule has 3 aromatic carbocycles. The second-order valence-corrected chi connectivity index (χ2v) is 8.16. The molecule has 4 rings (SSSR count). The summed E-state index contributed by atoms with van der Waals surface area (Å²) in [5, 5.41) is 0. The van der Waals surface area contributed by atoms with Crippen LogP contribution >= 0.6 is 27.7 Å². The van der Waals surface area contributed by atoms with E-state index >= 15 is 0 Å². The Kier molecular flexibility index (Phi) is 8.31. The number of carbonyl (C=O) groups is 1. The van der Waals surface area contributed by atoms with Crippen molar-refractivity contribution in [3.63, 3.8) is 0 Å². The molecular weight excluding hydrogens is 452 g/mol. The fraction of sp³-hybridized carbons (Fsp3) is 0.174. The van der Waals surface area contributed by atoms with Crippen LogP contribution in [0.3, 0.4) is 0 Å². The van der Waals surface area contributed by atoms with Crippen molar-refractivity contribution in [1.29, 1.82) is 0 Å². The summed E-state index contributed by atoms with van der Waals surface area (Å²) in [5.41, 5.74) is 1.77. The van der Waals surface area contributed by atoms with Crippen molar-refractivity contribution < 1.29 is 19.0 Å². The summed E-state index contributed by atoms with van der Waals surface area (Å²) in [6.07, 6.45) is 0.695. The minimum atomic E-state index is -0.164. The third-order valence-corrected chi connectivity index (χ3v) is 5.52. The molecule has 0 unspecified atom stereocenters. The van der Waals surface area contributed by atoms with Crippen LogP contribution in [0, 0.1) is 0 Å². The Morgan fingerprint density at radius 1 is 0.966 bits per heavy atom. The molecule has 0 bridgehead atoms. The van der Waals surface area contributed by atoms with Gasteiger partial charge in [-0.3, -0.25) is 4.79 Å². The molecule has 1 aliphatic heterocycles. The molecule has 1 saturated heterocycles. The zero-order valence-corrected chi connectivity index (χ0v) is 18.3. The molecule has 4 nitrogen and oxygen atoms in total. The number of hydrogen-bond donors (Lipinski definition) is 0. The number of ether oxygens (including phenoxy) is 3. The minimum Gasteiger partial charge on any atom is -0.497 e. The molecular formula is C23H21BrO4S. The smallest absolute Gasteiger partial charge is 0.184 e. The fourth-order valence-corrected chi connectivity index (χ4v) is 3.94. The van der Waals surface area contributed by atoms with Crippen LogP contribution in [0.1, 0.15) is 22.2 Å². The van der Waals surface area contributed by atoms with E-state index in [-0.39, 0.29) is 6.29 Å². The predicted molar refractivity (Wildman–Crippen MR) is 118 cm³/mol. The van der Waals surface area contributed by atoms with Gasteiger partial charge in [-0.05, 0) is 48.5 Å². The first-order valence-corrected chi connectivity index (χ1v) is 10.6. The quantitative estimate of drug-likeness (QED) is 0.416. The van der Waals surface area contributed by atoms with Crippen LogP contribution in [0.25, 0.3) is 0 Å². The zero-order chi connectivity index (χ0) is 20.5. The zero-order valence-electron chi connectivity index (χ0n) is 15.9. The maximum absolute atomic E-state index is 10.7. The van der Waals surface area contributed by atoms with Gasteiger partial charge in [0.15, 0.2) is 6.29 Å². The van der Waals surface area contributed by atoms with Gasteiger partial charge >= 0.3 is 0 Å². The van der Waals surface area contributed by atoms with Crippen LogP contribution in [0.5, 0.6) is 5.75 Å². The Hall–Kier alpha value is -2.12. The molecule has 0 aromatic heterocycles. The maximum Gasteiger partial charge on any atom is 0.184 e. The second kappa shape index (κ2) is 11.2. The molecule has 1 heterocycles. The van der Waals surface area contributed by atoms with Gasteiger partial charge in [-0.15, -0.1) is 0 Å². The van der Waals surface area contributed by atoms with Crippen molar-refractivity contribution in [2.75, 3.05) is 20.3 Å². The van der Waals surface area contributed by atoms with Crippen molar-refractivity contribution in [2.45, 2.75) is 16.1 Å². The summed E-state index contributed by atoms with van der Waals surface area (Å²) >= 11 is 5.02. The standard InChI is InChI=1S/C14H12O2S.C9H9BrO2/c1-16-12-5-7-13(8-6-12)17-14-4-2-3-11(9-14)10-15;10-8-3-1-2-7(6-8)9-11-4-5-12-9/h2-10H,1H3;1-3,6,9H,4-5H2. The maximum atomic E-state index is 10.7. The molecule has 150 valence electrons. The lowest BCUT2D eigenvalue weighted by Crippen LogP contribution is -1.96. The summed E-state index contributed by atoms with van der Waals surface area (Å²) < 4.78 is 16.9. The van der Waals surface area contributed by atoms with Gasteiger partial charge in [-0.2, -0.15) is 0 Å². The number of aldehydes is 1. The largest absolute Gasteiger partial charge is 0.497 e. The van der Waals surface area contributed by atoms with Gasteiger partial charge < -0.3 is 14.2 Å². The van der Waals surface area contributed by atoms with Gasteiger partial charge in [0.1, 0.15) is 12.0 Å². The van der Waals surface area contributed by atoms with Crippen LogP contribution in [-0.2, 0) is 9.47 Å². The third kappa shape index (κ3) is 6.72. The fourth-order valence-electron chi connectivity index (χ4n) is 2.64. The molecule has 0 atom stereocenters. The number of carbonyl (C=O) groups excluding carboxylic acids is 1. The highest BCUT2D eigenvalue weighted by Gasteiger charge is 2.17. The third-order valence-electron chi connectivity index (χ3n) is 4.03. The van der Waals surface area contributed by atoms with E-state index in [1.54, 1.807) is 24.9 Å². The Balaban J connectivity index is 0.000000176. The molecule has 6 heteroatoms. The van der Waals surface area contributed by atoms with Crippen molar-refractivity contribution >= 4 is 34.0 Å². The topological polar surface area (TPSA) is 44.8 Å². The number of rotatable bonds is 5. The highest BCUT2D eigenvalue weighted by Crippen LogP contribution is 2.29. The Morgan fingerprint density at radius 3 is 2.34 bits per heavy atom. The number of hydrogen-bond acceptors (Lipinski definition) is 5. The summed E-state index contributed by atoms with van der Waals surface area (Å²) in [6, 6.07) is 23.4. The normalized spacial score (nSPS) is 13.4. The number of methoxy groups -OCH3 is 1. The number of benzene rings is 3. The van der Waals surface area contributed by atoms with Gasteiger partial charge in [0, 0.05) is 25.4 Å². The van der Waals surface area contributed by atoms with Crippen LogP contribution in [0.15, 0.2) is 87.1 Å². The van der Waals surface area contributed by atoms with Gasteiger partial charge in [-0.25, -0.2) is 0 Å². The molecule has 0 radical (unpaired) electrons. The Bertz CT molecular complexity index is 924. The monoisotopic (exact) mass is 472 g/mol. The molecule has 1 aliphatic rings. The van der Waals surface area contributed by atoms with Crippen molar-refractivity contribution in [3.8, 4) is 5.75 Å². The van der Waals surface area contributed by atoms with Gasteiger partial charge in [-0.1, -0.05) is 52.0 Å². The van der Waals surface area contributed by atoms with E-state index in [1.807, 2.05) is 66.7 Å². The molecule has 0 amide bonds. The van der Waals surface area contributed by atoms with E-state index in [4.69, 9.17) is 14.2 Å². The average molecular weight is 473 g/mol. The SMILES string of the molecule is Brc1cccc(C2OCCO2)c1.COc1ccc(Sc2cccc(C=O)c2)cc1. The van der Waals surface area contributed by atoms with Gasteiger partial charge in [0.05, 0.1) is 20.3 Å². The minimum absolute atomic E-state index is 0.164. The van der Waals surface area contributed by atoms with Crippen LogP contribution in [0.4, 0.5) is 0 Å². The molecule has 3 aromatic rings. The summed E-state index contributed by atoms with van der Waals surface area (Å²) in [7, 11) is 1.65. The molecule has 0 spiro atoms. The van der Waals surface area contributed by atoms with E-state index in [9.17, 15) is 4.79 Å². The molecule has 0 N–H and O–H groups in total. The van der Waals surface area contributed by atoms with Crippen LogP contribution < -0.4 is 4.74 Å². The van der Waals surface area contributed by atoms with E-state index in [0.717, 1.165) is 31.9 Å². The van der Waals surface area contributed by atoms with Crippen LogP contribution in [-0.4, -0.2) is 26.6 Å². The van der Waals surface area contributed by atoms with Crippen LogP contribution in [0.2, 0.25) is 0 Å². The lowest BCUT2D eigenvalue weighted by atomic mass is 10.2. The lowest BCUT2D eigenvalue weighted by molar-refractivity contribution is -0.0441. The summed E-state index contributed by atoms with van der Waals surface area (Å²) in [4.78, 5) is 12.8. The lowest BCUT2D eigenvalue weighted by Gasteiger charge is -2.08. The van der Waals surface area contributed by atoms with Crippen molar-refractivity contribution in [2.24, 2.45) is 0 Å². The molecule has 1 fully saturated rings. The van der Waals surface area contributed by atoms with E-state index in [2.05, 4.69) is 15.9 Å². The Morgan fingerprint density at radius 2 is 1.69 bits per heavy atom. The summed E-state index contributed by atoms with van der Waals surface area (Å²) in [6.45, 7) is 1.38. The Labute approximate surface area is 183 Å². The van der Waals surface area contributed by atoms with E-state index < -0.39 is 0 Å².